The van der Waals surface area contributed by atoms with Crippen LogP contribution in [0.4, 0.5) is 0 Å². The highest BCUT2D eigenvalue weighted by atomic mass is 32.1. The minimum atomic E-state index is -0.0548. The molecule has 0 aliphatic heterocycles. The number of carbonyl (C=O) groups is 1. The molecule has 19 heavy (non-hydrogen) atoms. The molecule has 3 aromatic heterocycles. The van der Waals surface area contributed by atoms with Crippen LogP contribution in [-0.2, 0) is 0 Å². The molecule has 0 aromatic carbocycles. The van der Waals surface area contributed by atoms with Crippen LogP contribution in [0, 0.1) is 0 Å². The van der Waals surface area contributed by atoms with Crippen LogP contribution >= 0.6 is 34.0 Å². The second kappa shape index (κ2) is 5.69. The normalized spacial score (nSPS) is 12.2. The Kier molecular flexibility index (Phi) is 3.77. The van der Waals surface area contributed by atoms with E-state index < -0.39 is 0 Å². The molecule has 2 nitrogen and oxygen atoms in total. The first-order valence-electron chi connectivity index (χ1n) is 5.74. The number of hydrogen-bond donors (Lipinski definition) is 1. The minimum Gasteiger partial charge on any atom is -0.340 e. The van der Waals surface area contributed by atoms with E-state index in [2.05, 4.69) is 22.8 Å². The van der Waals surface area contributed by atoms with Gasteiger partial charge in [-0.15, -0.1) is 22.7 Å². The van der Waals surface area contributed by atoms with Crippen LogP contribution in [0.3, 0.4) is 0 Å². The van der Waals surface area contributed by atoms with Gasteiger partial charge in [-0.2, -0.15) is 11.3 Å². The first-order valence-corrected chi connectivity index (χ1v) is 8.44. The monoisotopic (exact) mass is 305 g/mol. The van der Waals surface area contributed by atoms with Crippen molar-refractivity contribution < 1.29 is 4.79 Å². The van der Waals surface area contributed by atoms with Crippen LogP contribution in [-0.4, -0.2) is 5.91 Å². The number of amides is 1. The van der Waals surface area contributed by atoms with Gasteiger partial charge in [0.2, 0.25) is 0 Å². The molecule has 5 heteroatoms. The van der Waals surface area contributed by atoms with Crippen LogP contribution in [0.5, 0.6) is 0 Å². The summed E-state index contributed by atoms with van der Waals surface area (Å²) in [4.78, 5) is 14.1. The maximum atomic E-state index is 12.2. The van der Waals surface area contributed by atoms with E-state index in [0.717, 1.165) is 15.3 Å². The first kappa shape index (κ1) is 12.6. The molecule has 3 aromatic rings. The molecule has 1 amide bonds. The largest absolute Gasteiger partial charge is 0.340 e. The topological polar surface area (TPSA) is 29.1 Å². The van der Waals surface area contributed by atoms with E-state index in [-0.39, 0.29) is 11.9 Å². The molecular weight excluding hydrogens is 294 g/mol. The summed E-state index contributed by atoms with van der Waals surface area (Å²) in [6, 6.07) is 9.81. The molecule has 0 fully saturated rings. The lowest BCUT2D eigenvalue weighted by molar-refractivity contribution is 0.0947. The Hall–Kier alpha value is -1.43. The molecule has 0 radical (unpaired) electrons. The van der Waals surface area contributed by atoms with Gasteiger partial charge in [0, 0.05) is 4.88 Å². The molecule has 1 N–H and O–H groups in total. The lowest BCUT2D eigenvalue weighted by atomic mass is 10.1. The van der Waals surface area contributed by atoms with Crippen LogP contribution in [0.25, 0.3) is 0 Å². The highest BCUT2D eigenvalue weighted by Crippen LogP contribution is 2.28. The van der Waals surface area contributed by atoms with Crippen LogP contribution in [0.15, 0.2) is 51.9 Å². The average molecular weight is 305 g/mol. The van der Waals surface area contributed by atoms with E-state index in [0.29, 0.717) is 0 Å². The highest BCUT2D eigenvalue weighted by molar-refractivity contribution is 7.12. The van der Waals surface area contributed by atoms with E-state index in [9.17, 15) is 4.79 Å². The Balaban J connectivity index is 1.87. The molecule has 0 aliphatic rings. The van der Waals surface area contributed by atoms with Gasteiger partial charge in [-0.1, -0.05) is 12.1 Å². The van der Waals surface area contributed by atoms with Gasteiger partial charge < -0.3 is 5.32 Å². The predicted molar refractivity (Wildman–Crippen MR) is 82.3 cm³/mol. The fourth-order valence-electron chi connectivity index (χ4n) is 1.82. The third-order valence-corrected chi connectivity index (χ3v) is 5.23. The first-order chi connectivity index (χ1) is 9.34. The summed E-state index contributed by atoms with van der Waals surface area (Å²) >= 11 is 4.77. The third kappa shape index (κ3) is 2.78. The summed E-state index contributed by atoms with van der Waals surface area (Å²) in [5.41, 5.74) is 1.14. The average Bonchev–Trinajstić information content (AvgIpc) is 3.17. The number of rotatable bonds is 4. The maximum Gasteiger partial charge on any atom is 0.262 e. The van der Waals surface area contributed by atoms with Crippen molar-refractivity contribution in [3.63, 3.8) is 0 Å². The number of nitrogens with one attached hydrogen (secondary N) is 1. The van der Waals surface area contributed by atoms with Gasteiger partial charge in [0.1, 0.15) is 0 Å². The summed E-state index contributed by atoms with van der Waals surface area (Å²) in [6.45, 7) is 0. The van der Waals surface area contributed by atoms with E-state index >= 15 is 0 Å². The number of carbonyl (C=O) groups excluding carboxylic acids is 1. The molecule has 96 valence electrons. The van der Waals surface area contributed by atoms with Gasteiger partial charge in [0.15, 0.2) is 0 Å². The van der Waals surface area contributed by atoms with Gasteiger partial charge >= 0.3 is 0 Å². The maximum absolute atomic E-state index is 12.2. The van der Waals surface area contributed by atoms with Crippen molar-refractivity contribution in [2.75, 3.05) is 0 Å². The van der Waals surface area contributed by atoms with Crippen molar-refractivity contribution in [1.82, 2.24) is 5.32 Å². The second-order valence-corrected chi connectivity index (χ2v) is 6.66. The Morgan fingerprint density at radius 1 is 1.05 bits per heavy atom. The van der Waals surface area contributed by atoms with Gasteiger partial charge in [-0.25, -0.2) is 0 Å². The van der Waals surface area contributed by atoms with Crippen molar-refractivity contribution >= 4 is 39.9 Å². The van der Waals surface area contributed by atoms with Crippen LogP contribution in [0.2, 0.25) is 0 Å². The molecular formula is C14H11NOS3. The van der Waals surface area contributed by atoms with Crippen molar-refractivity contribution in [1.29, 1.82) is 0 Å². The molecule has 0 aliphatic carbocycles. The molecule has 1 atom stereocenters. The SMILES string of the molecule is O=C(NC(c1ccsc1)c1cccs1)c1cccs1. The van der Waals surface area contributed by atoms with Gasteiger partial charge in [-0.05, 0) is 45.3 Å². The summed E-state index contributed by atoms with van der Waals surface area (Å²) in [5, 5.41) is 11.2. The Morgan fingerprint density at radius 2 is 1.89 bits per heavy atom. The second-order valence-electron chi connectivity index (χ2n) is 3.96. The van der Waals surface area contributed by atoms with E-state index in [1.807, 2.05) is 34.3 Å². The zero-order valence-corrected chi connectivity index (χ0v) is 12.4. The van der Waals surface area contributed by atoms with E-state index in [1.54, 1.807) is 22.7 Å². The quantitative estimate of drug-likeness (QED) is 0.761. The lowest BCUT2D eigenvalue weighted by Gasteiger charge is -2.16. The van der Waals surface area contributed by atoms with Crippen molar-refractivity contribution in [2.24, 2.45) is 0 Å². The number of hydrogen-bond acceptors (Lipinski definition) is 4. The third-order valence-electron chi connectivity index (χ3n) is 2.72. The van der Waals surface area contributed by atoms with Gasteiger partial charge in [0.05, 0.1) is 10.9 Å². The van der Waals surface area contributed by atoms with E-state index in [1.165, 1.54) is 11.3 Å². The Bertz CT molecular complexity index is 592. The molecule has 3 heterocycles. The molecule has 0 saturated carbocycles. The van der Waals surface area contributed by atoms with Crippen LogP contribution in [0.1, 0.15) is 26.2 Å². The van der Waals surface area contributed by atoms with Crippen molar-refractivity contribution in [3.05, 3.63) is 67.2 Å². The van der Waals surface area contributed by atoms with Crippen LogP contribution < -0.4 is 5.32 Å². The lowest BCUT2D eigenvalue weighted by Crippen LogP contribution is -2.27. The molecule has 1 unspecified atom stereocenters. The minimum absolute atomic E-state index is 0.0143. The molecule has 0 bridgehead atoms. The van der Waals surface area contributed by atoms with Crippen molar-refractivity contribution in [3.8, 4) is 0 Å². The van der Waals surface area contributed by atoms with Gasteiger partial charge in [0.25, 0.3) is 5.91 Å². The fraction of sp³-hybridized carbons (Fsp3) is 0.0714. The Morgan fingerprint density at radius 3 is 2.53 bits per heavy atom. The summed E-state index contributed by atoms with van der Waals surface area (Å²) in [5.74, 6) is -0.0143. The summed E-state index contributed by atoms with van der Waals surface area (Å²) < 4.78 is 0. The smallest absolute Gasteiger partial charge is 0.262 e. The molecule has 0 spiro atoms. The molecule has 3 rings (SSSR count). The number of thiophene rings is 3. The van der Waals surface area contributed by atoms with Crippen molar-refractivity contribution in [2.45, 2.75) is 6.04 Å². The Labute approximate surface area is 123 Å². The predicted octanol–water partition coefficient (Wildman–Crippen LogP) is 4.39. The van der Waals surface area contributed by atoms with E-state index in [4.69, 9.17) is 0 Å². The van der Waals surface area contributed by atoms with Gasteiger partial charge in [-0.3, -0.25) is 4.79 Å². The summed E-state index contributed by atoms with van der Waals surface area (Å²) in [7, 11) is 0. The molecule has 0 saturated heterocycles. The standard InChI is InChI=1S/C14H11NOS3/c16-14(12-4-2-7-19-12)15-13(10-5-8-17-9-10)11-3-1-6-18-11/h1-9,13H,(H,15,16). The zero-order valence-electron chi connectivity index (χ0n) is 9.91. The summed E-state index contributed by atoms with van der Waals surface area (Å²) in [6.07, 6.45) is 0. The zero-order chi connectivity index (χ0) is 13.1. The fourth-order valence-corrected chi connectivity index (χ4v) is 3.94. The highest BCUT2D eigenvalue weighted by Gasteiger charge is 2.19.